The highest BCUT2D eigenvalue weighted by Crippen LogP contribution is 2.37. The first kappa shape index (κ1) is 12.0. The molecule has 2 heteroatoms. The Morgan fingerprint density at radius 2 is 0.857 bits per heavy atom. The summed E-state index contributed by atoms with van der Waals surface area (Å²) in [6, 6.07) is 0. The Kier molecular flexibility index (Phi) is 3.96. The van der Waals surface area contributed by atoms with E-state index in [1.165, 1.54) is 32.0 Å². The van der Waals surface area contributed by atoms with Crippen LogP contribution < -0.4 is 0 Å². The molecule has 0 aliphatic heterocycles. The van der Waals surface area contributed by atoms with Crippen LogP contribution >= 0.6 is 23.5 Å². The van der Waals surface area contributed by atoms with Crippen LogP contribution in [-0.2, 0) is 0 Å². The minimum absolute atomic E-state index is 1.45. The second kappa shape index (κ2) is 4.63. The van der Waals surface area contributed by atoms with E-state index >= 15 is 0 Å². The summed E-state index contributed by atoms with van der Waals surface area (Å²) in [5, 5.41) is 0. The van der Waals surface area contributed by atoms with Gasteiger partial charge < -0.3 is 0 Å². The van der Waals surface area contributed by atoms with Crippen LogP contribution in [0.15, 0.2) is 9.79 Å². The normalized spacial score (nSPS) is 10.7. The average molecular weight is 226 g/mol. The van der Waals surface area contributed by atoms with E-state index in [9.17, 15) is 0 Å². The van der Waals surface area contributed by atoms with Crippen molar-refractivity contribution in [1.82, 2.24) is 0 Å². The summed E-state index contributed by atoms with van der Waals surface area (Å²) in [6.45, 7) is 8.91. The molecule has 0 aliphatic carbocycles. The largest absolute Gasteiger partial charge is 0.128 e. The lowest BCUT2D eigenvalue weighted by atomic mass is 9.99. The maximum absolute atomic E-state index is 2.23. The van der Waals surface area contributed by atoms with Crippen molar-refractivity contribution in [3.05, 3.63) is 22.3 Å². The summed E-state index contributed by atoms with van der Waals surface area (Å²) in [5.74, 6) is 0. The molecule has 0 amide bonds. The van der Waals surface area contributed by atoms with E-state index in [1.807, 2.05) is 23.5 Å². The highest BCUT2D eigenvalue weighted by atomic mass is 32.2. The molecule has 0 aliphatic rings. The second-order valence-corrected chi connectivity index (χ2v) is 5.20. The molecule has 1 aromatic rings. The summed E-state index contributed by atoms with van der Waals surface area (Å²) >= 11 is 3.73. The van der Waals surface area contributed by atoms with E-state index in [0.29, 0.717) is 0 Å². The second-order valence-electron chi connectivity index (χ2n) is 3.57. The minimum atomic E-state index is 1.45. The van der Waals surface area contributed by atoms with E-state index in [2.05, 4.69) is 40.2 Å². The van der Waals surface area contributed by atoms with Crippen LogP contribution in [0.3, 0.4) is 0 Å². The molecular weight excluding hydrogens is 208 g/mol. The van der Waals surface area contributed by atoms with Gasteiger partial charge in [-0.05, 0) is 62.5 Å². The van der Waals surface area contributed by atoms with Crippen molar-refractivity contribution in [3.63, 3.8) is 0 Å². The van der Waals surface area contributed by atoms with Crippen molar-refractivity contribution >= 4 is 23.5 Å². The van der Waals surface area contributed by atoms with Crippen LogP contribution in [0, 0.1) is 27.7 Å². The van der Waals surface area contributed by atoms with Crippen molar-refractivity contribution < 1.29 is 0 Å². The summed E-state index contributed by atoms with van der Waals surface area (Å²) in [6.07, 6.45) is 4.33. The van der Waals surface area contributed by atoms with Crippen molar-refractivity contribution in [1.29, 1.82) is 0 Å². The Labute approximate surface area is 95.9 Å². The van der Waals surface area contributed by atoms with E-state index < -0.39 is 0 Å². The topological polar surface area (TPSA) is 0 Å². The molecule has 0 bridgehead atoms. The average Bonchev–Trinajstić information content (AvgIpc) is 2.20. The molecule has 0 spiro atoms. The maximum atomic E-state index is 2.23. The van der Waals surface area contributed by atoms with Gasteiger partial charge in [-0.2, -0.15) is 0 Å². The monoisotopic (exact) mass is 226 g/mol. The fraction of sp³-hybridized carbons (Fsp3) is 0.500. The molecule has 0 saturated heterocycles. The first-order chi connectivity index (χ1) is 6.54. The third kappa shape index (κ3) is 1.82. The zero-order valence-electron chi connectivity index (χ0n) is 9.82. The molecule has 0 radical (unpaired) electrons. The van der Waals surface area contributed by atoms with Gasteiger partial charge in [0, 0.05) is 9.79 Å². The predicted molar refractivity (Wildman–Crippen MR) is 69.0 cm³/mol. The lowest BCUT2D eigenvalue weighted by Crippen LogP contribution is -1.97. The van der Waals surface area contributed by atoms with Crippen LogP contribution in [0.25, 0.3) is 0 Å². The highest BCUT2D eigenvalue weighted by molar-refractivity contribution is 8.01. The van der Waals surface area contributed by atoms with Gasteiger partial charge in [-0.3, -0.25) is 0 Å². The summed E-state index contributed by atoms with van der Waals surface area (Å²) in [5.41, 5.74) is 5.80. The molecule has 0 unspecified atom stereocenters. The summed E-state index contributed by atoms with van der Waals surface area (Å²) < 4.78 is 0. The van der Waals surface area contributed by atoms with Gasteiger partial charge in [-0.15, -0.1) is 23.5 Å². The Bertz CT molecular complexity index is 319. The quantitative estimate of drug-likeness (QED) is 0.687. The third-order valence-electron chi connectivity index (χ3n) is 2.98. The van der Waals surface area contributed by atoms with Crippen LogP contribution in [-0.4, -0.2) is 12.5 Å². The number of rotatable bonds is 2. The summed E-state index contributed by atoms with van der Waals surface area (Å²) in [4.78, 5) is 2.91. The van der Waals surface area contributed by atoms with Gasteiger partial charge in [-0.1, -0.05) is 0 Å². The van der Waals surface area contributed by atoms with E-state index in [1.54, 1.807) is 0 Å². The predicted octanol–water partition coefficient (Wildman–Crippen LogP) is 4.36. The van der Waals surface area contributed by atoms with Crippen LogP contribution in [0.4, 0.5) is 0 Å². The lowest BCUT2D eigenvalue weighted by molar-refractivity contribution is 1.05. The van der Waals surface area contributed by atoms with Crippen molar-refractivity contribution in [2.45, 2.75) is 37.5 Å². The molecule has 0 nitrogen and oxygen atoms in total. The van der Waals surface area contributed by atoms with Crippen molar-refractivity contribution in [2.75, 3.05) is 12.5 Å². The molecule has 0 N–H and O–H groups in total. The number of benzene rings is 1. The molecule has 0 aromatic heterocycles. The highest BCUT2D eigenvalue weighted by Gasteiger charge is 2.13. The van der Waals surface area contributed by atoms with Crippen LogP contribution in [0.5, 0.6) is 0 Å². The Morgan fingerprint density at radius 3 is 1.07 bits per heavy atom. The number of hydrogen-bond acceptors (Lipinski definition) is 2. The number of hydrogen-bond donors (Lipinski definition) is 0. The van der Waals surface area contributed by atoms with Gasteiger partial charge in [0.25, 0.3) is 0 Å². The molecule has 14 heavy (non-hydrogen) atoms. The molecule has 0 atom stereocenters. The molecule has 0 fully saturated rings. The molecule has 78 valence electrons. The standard InChI is InChI=1S/C12H18S2/c1-7-8(2)10(4)12(14-6)11(13-5)9(7)3/h1-6H3. The molecule has 1 rings (SSSR count). The zero-order chi connectivity index (χ0) is 10.9. The van der Waals surface area contributed by atoms with Crippen molar-refractivity contribution in [3.8, 4) is 0 Å². The van der Waals surface area contributed by atoms with Gasteiger partial charge in [-0.25, -0.2) is 0 Å². The Balaban J connectivity index is 3.57. The van der Waals surface area contributed by atoms with E-state index in [4.69, 9.17) is 0 Å². The Hall–Kier alpha value is -0.0800. The van der Waals surface area contributed by atoms with E-state index in [0.717, 1.165) is 0 Å². The van der Waals surface area contributed by atoms with Gasteiger partial charge in [0.2, 0.25) is 0 Å². The van der Waals surface area contributed by atoms with Gasteiger partial charge in [0.1, 0.15) is 0 Å². The minimum Gasteiger partial charge on any atom is -0.128 e. The maximum Gasteiger partial charge on any atom is 0.0240 e. The zero-order valence-corrected chi connectivity index (χ0v) is 11.4. The van der Waals surface area contributed by atoms with Gasteiger partial charge in [0.05, 0.1) is 0 Å². The van der Waals surface area contributed by atoms with Crippen LogP contribution in [0.2, 0.25) is 0 Å². The third-order valence-corrected chi connectivity index (χ3v) is 4.95. The Morgan fingerprint density at radius 1 is 0.571 bits per heavy atom. The van der Waals surface area contributed by atoms with Gasteiger partial charge >= 0.3 is 0 Å². The number of thioether (sulfide) groups is 2. The lowest BCUT2D eigenvalue weighted by Gasteiger charge is -2.17. The fourth-order valence-electron chi connectivity index (χ4n) is 1.74. The fourth-order valence-corrected chi connectivity index (χ4v) is 3.83. The first-order valence-electron chi connectivity index (χ1n) is 4.72. The molecule has 0 heterocycles. The van der Waals surface area contributed by atoms with Gasteiger partial charge in [0.15, 0.2) is 0 Å². The SMILES string of the molecule is CSc1c(C)c(C)c(C)c(C)c1SC. The van der Waals surface area contributed by atoms with Crippen molar-refractivity contribution in [2.24, 2.45) is 0 Å². The smallest absolute Gasteiger partial charge is 0.0240 e. The van der Waals surface area contributed by atoms with Crippen LogP contribution in [0.1, 0.15) is 22.3 Å². The summed E-state index contributed by atoms with van der Waals surface area (Å²) in [7, 11) is 0. The van der Waals surface area contributed by atoms with E-state index in [-0.39, 0.29) is 0 Å². The molecule has 0 saturated carbocycles. The molecule has 1 aromatic carbocycles. The molecular formula is C12H18S2. The first-order valence-corrected chi connectivity index (χ1v) is 7.17.